The number of hydrazone groups is 1. The summed E-state index contributed by atoms with van der Waals surface area (Å²) in [6.45, 7) is 3.78. The van der Waals surface area contributed by atoms with Crippen molar-refractivity contribution in [2.24, 2.45) is 5.10 Å². The molecule has 3 aromatic rings. The molecule has 0 fully saturated rings. The van der Waals surface area contributed by atoms with E-state index in [4.69, 9.17) is 4.74 Å². The van der Waals surface area contributed by atoms with Crippen LogP contribution in [0.5, 0.6) is 5.75 Å². The van der Waals surface area contributed by atoms with Crippen molar-refractivity contribution >= 4 is 18.1 Å². The summed E-state index contributed by atoms with van der Waals surface area (Å²) in [7, 11) is 1.59. The number of para-hydroxylation sites is 1. The SMILES string of the molecule is COc1ccc(CC(=O)N/N=C/c2cc(C)n(-c3ccccc3C(=O)O)c2C)cc1. The number of hydrogen-bond acceptors (Lipinski definition) is 4. The molecule has 1 heterocycles. The standard InChI is InChI=1S/C23H23N3O4/c1-15-12-18(16(2)26(15)21-7-5-4-6-20(21)23(28)29)14-24-25-22(27)13-17-8-10-19(30-3)11-9-17/h4-12,14H,13H2,1-3H3,(H,25,27)(H,28,29)/b24-14+. The van der Waals surface area contributed by atoms with Crippen molar-refractivity contribution in [2.45, 2.75) is 20.3 Å². The lowest BCUT2D eigenvalue weighted by atomic mass is 10.1. The van der Waals surface area contributed by atoms with Crippen molar-refractivity contribution in [3.8, 4) is 11.4 Å². The zero-order chi connectivity index (χ0) is 21.7. The number of amides is 1. The highest BCUT2D eigenvalue weighted by Crippen LogP contribution is 2.23. The topological polar surface area (TPSA) is 92.9 Å². The van der Waals surface area contributed by atoms with Crippen molar-refractivity contribution in [2.75, 3.05) is 7.11 Å². The molecule has 154 valence electrons. The van der Waals surface area contributed by atoms with Crippen LogP contribution in [-0.4, -0.2) is 34.9 Å². The van der Waals surface area contributed by atoms with Gasteiger partial charge in [0, 0.05) is 17.0 Å². The average molecular weight is 405 g/mol. The molecule has 7 nitrogen and oxygen atoms in total. The summed E-state index contributed by atoms with van der Waals surface area (Å²) in [5.41, 5.74) is 6.67. The molecule has 2 aromatic carbocycles. The highest BCUT2D eigenvalue weighted by Gasteiger charge is 2.16. The first-order valence-electron chi connectivity index (χ1n) is 9.37. The van der Waals surface area contributed by atoms with E-state index in [0.717, 1.165) is 28.3 Å². The lowest BCUT2D eigenvalue weighted by Gasteiger charge is -2.12. The molecule has 1 amide bonds. The minimum Gasteiger partial charge on any atom is -0.497 e. The molecular formula is C23H23N3O4. The fraction of sp³-hybridized carbons (Fsp3) is 0.174. The minimum atomic E-state index is -0.987. The van der Waals surface area contributed by atoms with Gasteiger partial charge in [0.15, 0.2) is 0 Å². The molecule has 30 heavy (non-hydrogen) atoms. The molecule has 3 rings (SSSR count). The fourth-order valence-corrected chi connectivity index (χ4v) is 3.28. The van der Waals surface area contributed by atoms with Crippen LogP contribution in [0.3, 0.4) is 0 Å². The molecular weight excluding hydrogens is 382 g/mol. The Kier molecular flexibility index (Phi) is 6.32. The normalized spacial score (nSPS) is 10.9. The summed E-state index contributed by atoms with van der Waals surface area (Å²) in [4.78, 5) is 23.7. The van der Waals surface area contributed by atoms with Crippen molar-refractivity contribution in [1.82, 2.24) is 9.99 Å². The number of nitrogens with zero attached hydrogens (tertiary/aromatic N) is 2. The molecule has 0 aliphatic heterocycles. The Labute approximate surface area is 174 Å². The van der Waals surface area contributed by atoms with E-state index in [1.165, 1.54) is 0 Å². The first-order chi connectivity index (χ1) is 14.4. The van der Waals surface area contributed by atoms with Crippen LogP contribution in [0.4, 0.5) is 0 Å². The van der Waals surface area contributed by atoms with Gasteiger partial charge in [0.05, 0.1) is 31.0 Å². The fourth-order valence-electron chi connectivity index (χ4n) is 3.28. The maximum Gasteiger partial charge on any atom is 0.337 e. The van der Waals surface area contributed by atoms with E-state index in [-0.39, 0.29) is 17.9 Å². The number of hydrogen-bond donors (Lipinski definition) is 2. The molecule has 2 N–H and O–H groups in total. The Hall–Kier alpha value is -3.87. The van der Waals surface area contributed by atoms with Crippen molar-refractivity contribution in [3.63, 3.8) is 0 Å². The van der Waals surface area contributed by atoms with Crippen LogP contribution in [0.25, 0.3) is 5.69 Å². The largest absolute Gasteiger partial charge is 0.497 e. The lowest BCUT2D eigenvalue weighted by molar-refractivity contribution is -0.120. The van der Waals surface area contributed by atoms with Crippen LogP contribution >= 0.6 is 0 Å². The van der Waals surface area contributed by atoms with Crippen molar-refractivity contribution in [1.29, 1.82) is 0 Å². The van der Waals surface area contributed by atoms with Crippen LogP contribution in [0.1, 0.15) is 32.9 Å². The monoisotopic (exact) mass is 405 g/mol. The van der Waals surface area contributed by atoms with E-state index in [0.29, 0.717) is 5.69 Å². The van der Waals surface area contributed by atoms with Crippen molar-refractivity contribution < 1.29 is 19.4 Å². The predicted molar refractivity (Wildman–Crippen MR) is 115 cm³/mol. The van der Waals surface area contributed by atoms with Crippen LogP contribution in [0.15, 0.2) is 59.7 Å². The molecule has 0 aliphatic rings. The summed E-state index contributed by atoms with van der Waals surface area (Å²) in [5.74, 6) is -0.488. The van der Waals surface area contributed by atoms with Gasteiger partial charge in [-0.05, 0) is 49.7 Å². The Bertz CT molecular complexity index is 1100. The van der Waals surface area contributed by atoms with Gasteiger partial charge in [-0.2, -0.15) is 5.10 Å². The Balaban J connectivity index is 1.73. The average Bonchev–Trinajstić information content (AvgIpc) is 3.01. The van der Waals surface area contributed by atoms with E-state index >= 15 is 0 Å². The van der Waals surface area contributed by atoms with Crippen molar-refractivity contribution in [3.05, 3.63) is 82.7 Å². The maximum atomic E-state index is 12.1. The Morgan fingerprint density at radius 2 is 1.83 bits per heavy atom. The third-order valence-corrected chi connectivity index (χ3v) is 4.76. The number of carboxylic acid groups (broad SMARTS) is 1. The summed E-state index contributed by atoms with van der Waals surface area (Å²) in [5, 5.41) is 13.5. The first kappa shape index (κ1) is 20.9. The van der Waals surface area contributed by atoms with Gasteiger partial charge < -0.3 is 14.4 Å². The smallest absolute Gasteiger partial charge is 0.337 e. The number of rotatable bonds is 7. The molecule has 0 saturated heterocycles. The van der Waals surface area contributed by atoms with Gasteiger partial charge in [0.2, 0.25) is 5.91 Å². The highest BCUT2D eigenvalue weighted by atomic mass is 16.5. The second kappa shape index (κ2) is 9.09. The van der Waals surface area contributed by atoms with E-state index in [9.17, 15) is 14.7 Å². The summed E-state index contributed by atoms with van der Waals surface area (Å²) in [6, 6.07) is 16.0. The predicted octanol–water partition coefficient (Wildman–Crippen LogP) is 3.49. The number of aromatic nitrogens is 1. The number of aryl methyl sites for hydroxylation is 1. The van der Waals surface area contributed by atoms with Crippen LogP contribution in [-0.2, 0) is 11.2 Å². The van der Waals surface area contributed by atoms with Gasteiger partial charge in [-0.25, -0.2) is 10.2 Å². The number of aromatic carboxylic acids is 1. The number of carbonyl (C=O) groups is 2. The maximum absolute atomic E-state index is 12.1. The molecule has 0 spiro atoms. The van der Waals surface area contributed by atoms with Crippen LogP contribution in [0, 0.1) is 13.8 Å². The summed E-state index contributed by atoms with van der Waals surface area (Å²) in [6.07, 6.45) is 1.76. The van der Waals surface area contributed by atoms with Crippen LogP contribution in [0.2, 0.25) is 0 Å². The molecule has 0 radical (unpaired) electrons. The highest BCUT2D eigenvalue weighted by molar-refractivity contribution is 5.92. The van der Waals surface area contributed by atoms with Gasteiger partial charge >= 0.3 is 5.97 Å². The first-order valence-corrected chi connectivity index (χ1v) is 9.37. The van der Waals surface area contributed by atoms with Gasteiger partial charge in [-0.3, -0.25) is 4.79 Å². The molecule has 0 atom stereocenters. The van der Waals surface area contributed by atoms with Gasteiger partial charge in [-0.15, -0.1) is 0 Å². The molecule has 0 aliphatic carbocycles. The lowest BCUT2D eigenvalue weighted by Crippen LogP contribution is -2.19. The Morgan fingerprint density at radius 3 is 2.50 bits per heavy atom. The number of ether oxygens (including phenoxy) is 1. The third-order valence-electron chi connectivity index (χ3n) is 4.76. The minimum absolute atomic E-state index is 0.201. The summed E-state index contributed by atoms with van der Waals surface area (Å²) < 4.78 is 6.97. The van der Waals surface area contributed by atoms with E-state index in [1.54, 1.807) is 49.7 Å². The number of carboxylic acids is 1. The second-order valence-electron chi connectivity index (χ2n) is 6.80. The van der Waals surface area contributed by atoms with Crippen LogP contribution < -0.4 is 10.2 Å². The molecule has 0 bridgehead atoms. The quantitative estimate of drug-likeness (QED) is 0.465. The van der Waals surface area contributed by atoms with E-state index < -0.39 is 5.97 Å². The molecule has 0 unspecified atom stereocenters. The molecule has 0 saturated carbocycles. The molecule has 7 heteroatoms. The van der Waals surface area contributed by atoms with Gasteiger partial charge in [-0.1, -0.05) is 24.3 Å². The molecule has 1 aromatic heterocycles. The zero-order valence-electron chi connectivity index (χ0n) is 17.0. The zero-order valence-corrected chi connectivity index (χ0v) is 17.0. The number of nitrogens with one attached hydrogen (secondary N) is 1. The second-order valence-corrected chi connectivity index (χ2v) is 6.80. The van der Waals surface area contributed by atoms with E-state index in [2.05, 4.69) is 10.5 Å². The summed E-state index contributed by atoms with van der Waals surface area (Å²) >= 11 is 0. The van der Waals surface area contributed by atoms with Gasteiger partial charge in [0.1, 0.15) is 5.75 Å². The Morgan fingerprint density at radius 1 is 1.13 bits per heavy atom. The third kappa shape index (κ3) is 4.57. The number of benzene rings is 2. The van der Waals surface area contributed by atoms with Gasteiger partial charge in [0.25, 0.3) is 0 Å². The number of methoxy groups -OCH3 is 1. The van der Waals surface area contributed by atoms with E-state index in [1.807, 2.05) is 36.6 Å². The number of carbonyl (C=O) groups excluding carboxylic acids is 1.